The van der Waals surface area contributed by atoms with Crippen molar-refractivity contribution in [3.8, 4) is 11.5 Å². The van der Waals surface area contributed by atoms with Crippen LogP contribution in [0.2, 0.25) is 0 Å². The molecule has 1 aromatic rings. The summed E-state index contributed by atoms with van der Waals surface area (Å²) >= 11 is 2.33. The van der Waals surface area contributed by atoms with Gasteiger partial charge in [0, 0.05) is 5.56 Å². The Morgan fingerprint density at radius 1 is 1.25 bits per heavy atom. The van der Waals surface area contributed by atoms with Gasteiger partial charge in [0.1, 0.15) is 6.54 Å². The van der Waals surface area contributed by atoms with E-state index in [1.807, 2.05) is 6.92 Å². The van der Waals surface area contributed by atoms with Gasteiger partial charge in [-0.25, -0.2) is 0 Å². The van der Waals surface area contributed by atoms with Crippen molar-refractivity contribution >= 4 is 22.6 Å². The fourth-order valence-corrected chi connectivity index (χ4v) is 3.76. The van der Waals surface area contributed by atoms with Crippen LogP contribution >= 0.6 is 22.6 Å². The number of rotatable bonds is 6. The molecule has 0 bridgehead atoms. The molecular weight excluding hydrogens is 365 g/mol. The van der Waals surface area contributed by atoms with Gasteiger partial charge in [-0.15, -0.1) is 0 Å². The zero-order valence-corrected chi connectivity index (χ0v) is 14.6. The predicted molar refractivity (Wildman–Crippen MR) is 89.4 cm³/mol. The molecule has 1 aliphatic rings. The molecule has 1 saturated carbocycles. The van der Waals surface area contributed by atoms with E-state index in [1.165, 1.54) is 37.7 Å². The van der Waals surface area contributed by atoms with E-state index in [0.29, 0.717) is 6.61 Å². The lowest BCUT2D eigenvalue weighted by Gasteiger charge is -2.20. The molecule has 112 valence electrons. The van der Waals surface area contributed by atoms with Crippen molar-refractivity contribution in [3.63, 3.8) is 0 Å². The third-order valence-electron chi connectivity index (χ3n) is 3.91. The molecular formula is C16H25INO2+. The molecule has 1 aromatic carbocycles. The van der Waals surface area contributed by atoms with E-state index < -0.39 is 0 Å². The van der Waals surface area contributed by atoms with Crippen molar-refractivity contribution in [3.05, 3.63) is 21.3 Å². The Labute approximate surface area is 135 Å². The number of halogens is 1. The van der Waals surface area contributed by atoms with E-state index in [4.69, 9.17) is 9.47 Å². The molecule has 20 heavy (non-hydrogen) atoms. The molecule has 1 aliphatic carbocycles. The third kappa shape index (κ3) is 4.25. The number of ether oxygens (including phenoxy) is 2. The van der Waals surface area contributed by atoms with Crippen molar-refractivity contribution < 1.29 is 14.8 Å². The number of nitrogens with two attached hydrogens (primary N) is 1. The van der Waals surface area contributed by atoms with E-state index >= 15 is 0 Å². The highest BCUT2D eigenvalue weighted by atomic mass is 127. The lowest BCUT2D eigenvalue weighted by molar-refractivity contribution is -0.706. The average molecular weight is 390 g/mol. The van der Waals surface area contributed by atoms with Gasteiger partial charge in [0.2, 0.25) is 0 Å². The monoisotopic (exact) mass is 390 g/mol. The summed E-state index contributed by atoms with van der Waals surface area (Å²) < 4.78 is 12.3. The average Bonchev–Trinajstić information content (AvgIpc) is 2.46. The first-order chi connectivity index (χ1) is 9.74. The Kier molecular flexibility index (Phi) is 6.42. The molecule has 0 spiro atoms. The van der Waals surface area contributed by atoms with Crippen LogP contribution in [0, 0.1) is 3.57 Å². The zero-order chi connectivity index (χ0) is 14.4. The maximum Gasteiger partial charge on any atom is 0.174 e. The summed E-state index contributed by atoms with van der Waals surface area (Å²) in [5.74, 6) is 1.72. The number of quaternary nitrogens is 1. The molecule has 0 atom stereocenters. The van der Waals surface area contributed by atoms with Crippen LogP contribution in [0.3, 0.4) is 0 Å². The second-order valence-corrected chi connectivity index (χ2v) is 6.54. The van der Waals surface area contributed by atoms with Crippen LogP contribution in [0.1, 0.15) is 44.6 Å². The Morgan fingerprint density at radius 2 is 2.00 bits per heavy atom. The lowest BCUT2D eigenvalue weighted by atomic mass is 9.95. The minimum absolute atomic E-state index is 0.669. The van der Waals surface area contributed by atoms with Crippen LogP contribution in [0.15, 0.2) is 12.1 Å². The van der Waals surface area contributed by atoms with Crippen molar-refractivity contribution in [1.82, 2.24) is 0 Å². The number of benzene rings is 1. The highest BCUT2D eigenvalue weighted by Crippen LogP contribution is 2.33. The van der Waals surface area contributed by atoms with Gasteiger partial charge in [-0.3, -0.25) is 0 Å². The van der Waals surface area contributed by atoms with E-state index in [9.17, 15) is 0 Å². The summed E-state index contributed by atoms with van der Waals surface area (Å²) in [5, 5.41) is 2.49. The second kappa shape index (κ2) is 8.08. The van der Waals surface area contributed by atoms with Crippen LogP contribution in [-0.4, -0.2) is 19.8 Å². The third-order valence-corrected chi connectivity index (χ3v) is 4.71. The molecule has 0 amide bonds. The van der Waals surface area contributed by atoms with Gasteiger partial charge in [-0.05, 0) is 67.3 Å². The largest absolute Gasteiger partial charge is 0.492 e. The molecule has 0 heterocycles. The summed E-state index contributed by atoms with van der Waals surface area (Å²) in [4.78, 5) is 0. The van der Waals surface area contributed by atoms with Crippen LogP contribution in [-0.2, 0) is 6.54 Å². The van der Waals surface area contributed by atoms with E-state index in [-0.39, 0.29) is 0 Å². The van der Waals surface area contributed by atoms with E-state index in [0.717, 1.165) is 27.7 Å². The molecule has 2 N–H and O–H groups in total. The van der Waals surface area contributed by atoms with Gasteiger partial charge in [0.05, 0.1) is 23.3 Å². The van der Waals surface area contributed by atoms with Gasteiger partial charge in [-0.2, -0.15) is 0 Å². The molecule has 2 rings (SSSR count). The Balaban J connectivity index is 2.03. The zero-order valence-electron chi connectivity index (χ0n) is 12.5. The van der Waals surface area contributed by atoms with Crippen molar-refractivity contribution in [2.45, 2.75) is 51.6 Å². The SMILES string of the molecule is CCOc1cc(C[NH2+]C2CCCCC2)cc(I)c1OC. The summed E-state index contributed by atoms with van der Waals surface area (Å²) in [7, 11) is 1.70. The maximum absolute atomic E-state index is 5.70. The maximum atomic E-state index is 5.70. The summed E-state index contributed by atoms with van der Waals surface area (Å²) in [6, 6.07) is 5.14. The Morgan fingerprint density at radius 3 is 2.65 bits per heavy atom. The van der Waals surface area contributed by atoms with E-state index in [1.54, 1.807) is 7.11 Å². The topological polar surface area (TPSA) is 35.1 Å². The fraction of sp³-hybridized carbons (Fsp3) is 0.625. The minimum atomic E-state index is 0.669. The number of hydrogen-bond acceptors (Lipinski definition) is 2. The highest BCUT2D eigenvalue weighted by molar-refractivity contribution is 14.1. The van der Waals surface area contributed by atoms with Gasteiger partial charge >= 0.3 is 0 Å². The molecule has 0 unspecified atom stereocenters. The normalized spacial score (nSPS) is 16.1. The molecule has 4 heteroatoms. The summed E-state index contributed by atoms with van der Waals surface area (Å²) in [6.07, 6.45) is 6.94. The molecule has 0 saturated heterocycles. The quantitative estimate of drug-likeness (QED) is 0.758. The molecule has 0 radical (unpaired) electrons. The first-order valence-corrected chi connectivity index (χ1v) is 8.65. The molecule has 0 aromatic heterocycles. The van der Waals surface area contributed by atoms with Gasteiger partial charge in [0.15, 0.2) is 11.5 Å². The molecule has 1 fully saturated rings. The van der Waals surface area contributed by atoms with Crippen molar-refractivity contribution in [1.29, 1.82) is 0 Å². The molecule has 3 nitrogen and oxygen atoms in total. The lowest BCUT2D eigenvalue weighted by Crippen LogP contribution is -2.88. The van der Waals surface area contributed by atoms with Gasteiger partial charge in [-0.1, -0.05) is 6.42 Å². The predicted octanol–water partition coefficient (Wildman–Crippen LogP) is 3.09. The Hall–Kier alpha value is -0.490. The van der Waals surface area contributed by atoms with Crippen molar-refractivity contribution in [2.75, 3.05) is 13.7 Å². The first-order valence-electron chi connectivity index (χ1n) is 7.57. The van der Waals surface area contributed by atoms with Crippen molar-refractivity contribution in [2.24, 2.45) is 0 Å². The smallest absolute Gasteiger partial charge is 0.174 e. The van der Waals surface area contributed by atoms with Gasteiger partial charge < -0.3 is 14.8 Å². The van der Waals surface area contributed by atoms with Crippen LogP contribution in [0.5, 0.6) is 11.5 Å². The summed E-state index contributed by atoms with van der Waals surface area (Å²) in [6.45, 7) is 3.71. The van der Waals surface area contributed by atoms with E-state index in [2.05, 4.69) is 40.0 Å². The van der Waals surface area contributed by atoms with Gasteiger partial charge in [0.25, 0.3) is 0 Å². The fourth-order valence-electron chi connectivity index (χ4n) is 2.87. The standard InChI is InChI=1S/C16H24INO2/c1-3-20-15-10-12(9-14(17)16(15)19-2)11-18-13-7-5-4-6-8-13/h9-10,13,18H,3-8,11H2,1-2H3/p+1. The second-order valence-electron chi connectivity index (χ2n) is 5.38. The first kappa shape index (κ1) is 15.9. The van der Waals surface area contributed by atoms with Crippen LogP contribution < -0.4 is 14.8 Å². The Bertz CT molecular complexity index is 431. The number of methoxy groups -OCH3 is 1. The molecule has 0 aliphatic heterocycles. The van der Waals surface area contributed by atoms with Crippen LogP contribution in [0.4, 0.5) is 0 Å². The minimum Gasteiger partial charge on any atom is -0.492 e. The summed E-state index contributed by atoms with van der Waals surface area (Å²) in [5.41, 5.74) is 1.32. The van der Waals surface area contributed by atoms with Crippen LogP contribution in [0.25, 0.3) is 0 Å². The number of hydrogen-bond donors (Lipinski definition) is 1. The highest BCUT2D eigenvalue weighted by Gasteiger charge is 2.17.